The molecule has 9 heteroatoms. The number of likely N-dealkylation sites (N-methyl/N-ethyl adjacent to an activating group) is 1. The zero-order valence-electron chi connectivity index (χ0n) is 35.0. The van der Waals surface area contributed by atoms with Crippen LogP contribution >= 0.6 is 7.82 Å². The maximum absolute atomic E-state index is 12.8. The molecule has 2 N–H and O–H groups in total. The van der Waals surface area contributed by atoms with Crippen LogP contribution in [0.3, 0.4) is 0 Å². The number of phosphoric ester groups is 1. The van der Waals surface area contributed by atoms with Crippen LogP contribution in [-0.4, -0.2) is 68.5 Å². The molecule has 8 nitrogen and oxygen atoms in total. The molecule has 0 saturated carbocycles. The van der Waals surface area contributed by atoms with Gasteiger partial charge in [-0.3, -0.25) is 9.36 Å². The van der Waals surface area contributed by atoms with Crippen molar-refractivity contribution in [1.82, 2.24) is 5.32 Å². The highest BCUT2D eigenvalue weighted by atomic mass is 31.2. The summed E-state index contributed by atoms with van der Waals surface area (Å²) in [5, 5.41) is 13.7. The number of hydrogen-bond acceptors (Lipinski definition) is 6. The van der Waals surface area contributed by atoms with Crippen LogP contribution in [0.2, 0.25) is 0 Å². The van der Waals surface area contributed by atoms with E-state index in [9.17, 15) is 19.4 Å². The molecule has 0 bridgehead atoms. The largest absolute Gasteiger partial charge is 0.756 e. The van der Waals surface area contributed by atoms with Crippen LogP contribution in [-0.2, 0) is 18.4 Å². The quantitative estimate of drug-likeness (QED) is 0.0280. The molecule has 0 aromatic heterocycles. The van der Waals surface area contributed by atoms with Gasteiger partial charge < -0.3 is 28.8 Å². The number of nitrogens with zero attached hydrogens (tertiary/aromatic N) is 1. The molecule has 0 aliphatic heterocycles. The average Bonchev–Trinajstić information content (AvgIpc) is 3.10. The molecule has 0 saturated heterocycles. The molecule has 0 aromatic rings. The molecule has 0 aliphatic carbocycles. The Kier molecular flexibility index (Phi) is 35.1. The van der Waals surface area contributed by atoms with E-state index in [0.717, 1.165) is 51.4 Å². The van der Waals surface area contributed by atoms with Crippen LogP contribution in [0, 0.1) is 0 Å². The lowest BCUT2D eigenvalue weighted by atomic mass is 10.1. The van der Waals surface area contributed by atoms with E-state index in [1.54, 1.807) is 6.08 Å². The maximum atomic E-state index is 12.8. The van der Waals surface area contributed by atoms with E-state index >= 15 is 0 Å². The second-order valence-corrected chi connectivity index (χ2v) is 17.1. The van der Waals surface area contributed by atoms with Crippen molar-refractivity contribution in [3.63, 3.8) is 0 Å². The summed E-state index contributed by atoms with van der Waals surface area (Å²) in [6, 6.07) is -0.910. The molecule has 3 atom stereocenters. The first kappa shape index (κ1) is 51.5. The van der Waals surface area contributed by atoms with Crippen molar-refractivity contribution in [2.45, 2.75) is 187 Å². The van der Waals surface area contributed by atoms with E-state index in [1.165, 1.54) is 103 Å². The Hall–Kier alpha value is -1.54. The number of rotatable bonds is 38. The Balaban J connectivity index is 4.52. The van der Waals surface area contributed by atoms with Gasteiger partial charge in [0, 0.05) is 6.42 Å². The topological polar surface area (TPSA) is 108 Å². The fraction of sp³-hybridized carbons (Fsp3) is 0.795. The predicted octanol–water partition coefficient (Wildman–Crippen LogP) is 11.1. The molecule has 310 valence electrons. The smallest absolute Gasteiger partial charge is 0.268 e. The number of aliphatic hydroxyl groups excluding tert-OH is 1. The third kappa shape index (κ3) is 38.5. The fourth-order valence-corrected chi connectivity index (χ4v) is 6.49. The lowest BCUT2D eigenvalue weighted by Crippen LogP contribution is -2.45. The Bertz CT molecular complexity index is 1010. The first-order valence-electron chi connectivity index (χ1n) is 21.5. The molecule has 0 aromatic carbocycles. The van der Waals surface area contributed by atoms with Gasteiger partial charge in [0.15, 0.2) is 0 Å². The van der Waals surface area contributed by atoms with E-state index in [0.29, 0.717) is 17.4 Å². The van der Waals surface area contributed by atoms with Crippen LogP contribution < -0.4 is 10.2 Å². The lowest BCUT2D eigenvalue weighted by Gasteiger charge is -2.29. The minimum atomic E-state index is -4.60. The lowest BCUT2D eigenvalue weighted by molar-refractivity contribution is -0.870. The van der Waals surface area contributed by atoms with E-state index in [1.807, 2.05) is 27.2 Å². The molecular formula is C44H83N2O6P. The van der Waals surface area contributed by atoms with Crippen molar-refractivity contribution in [3.8, 4) is 0 Å². The average molecular weight is 767 g/mol. The van der Waals surface area contributed by atoms with Crippen molar-refractivity contribution in [1.29, 1.82) is 0 Å². The summed E-state index contributed by atoms with van der Waals surface area (Å²) < 4.78 is 23.1. The van der Waals surface area contributed by atoms with Crippen LogP contribution in [0.5, 0.6) is 0 Å². The number of nitrogens with one attached hydrogen (secondary N) is 1. The number of phosphoric acid groups is 1. The molecule has 1 amide bonds. The second kappa shape index (κ2) is 36.1. The number of amides is 1. The highest BCUT2D eigenvalue weighted by Gasteiger charge is 2.23. The van der Waals surface area contributed by atoms with E-state index in [-0.39, 0.29) is 12.5 Å². The monoisotopic (exact) mass is 767 g/mol. The van der Waals surface area contributed by atoms with Gasteiger partial charge >= 0.3 is 0 Å². The first-order chi connectivity index (χ1) is 25.5. The Labute approximate surface area is 327 Å². The maximum Gasteiger partial charge on any atom is 0.268 e. The zero-order valence-corrected chi connectivity index (χ0v) is 35.8. The number of aliphatic hydroxyl groups is 1. The van der Waals surface area contributed by atoms with Gasteiger partial charge in [0.05, 0.1) is 39.9 Å². The van der Waals surface area contributed by atoms with Crippen LogP contribution in [0.4, 0.5) is 0 Å². The molecular weight excluding hydrogens is 683 g/mol. The molecule has 3 unspecified atom stereocenters. The number of carbonyl (C=O) groups is 1. The van der Waals surface area contributed by atoms with Gasteiger partial charge in [-0.1, -0.05) is 146 Å². The van der Waals surface area contributed by atoms with Crippen molar-refractivity contribution in [3.05, 3.63) is 48.6 Å². The van der Waals surface area contributed by atoms with Crippen LogP contribution in [0.1, 0.15) is 174 Å². The molecule has 0 fully saturated rings. The summed E-state index contributed by atoms with van der Waals surface area (Å²) in [5.74, 6) is -0.219. The number of allylic oxidation sites excluding steroid dienone is 7. The van der Waals surface area contributed by atoms with Gasteiger partial charge in [0.2, 0.25) is 5.91 Å². The third-order valence-electron chi connectivity index (χ3n) is 9.24. The molecule has 0 rings (SSSR count). The van der Waals surface area contributed by atoms with E-state index < -0.39 is 26.6 Å². The molecule has 0 heterocycles. The Morgan fingerprint density at radius 2 is 1.06 bits per heavy atom. The molecule has 53 heavy (non-hydrogen) atoms. The van der Waals surface area contributed by atoms with Crippen molar-refractivity contribution in [2.75, 3.05) is 40.9 Å². The molecule has 0 radical (unpaired) electrons. The summed E-state index contributed by atoms with van der Waals surface area (Å²) in [6.45, 7) is 4.57. The Morgan fingerprint density at radius 1 is 0.642 bits per heavy atom. The van der Waals surface area contributed by atoms with E-state index in [2.05, 4.69) is 55.6 Å². The highest BCUT2D eigenvalue weighted by Crippen LogP contribution is 2.38. The minimum Gasteiger partial charge on any atom is -0.756 e. The van der Waals surface area contributed by atoms with Gasteiger partial charge in [-0.05, 0) is 70.6 Å². The summed E-state index contributed by atoms with van der Waals surface area (Å²) in [5.41, 5.74) is 0. The first-order valence-corrected chi connectivity index (χ1v) is 23.0. The Morgan fingerprint density at radius 3 is 1.55 bits per heavy atom. The highest BCUT2D eigenvalue weighted by molar-refractivity contribution is 7.45. The summed E-state index contributed by atoms with van der Waals surface area (Å²) in [4.78, 5) is 25.2. The van der Waals surface area contributed by atoms with Crippen molar-refractivity contribution in [2.24, 2.45) is 0 Å². The van der Waals surface area contributed by atoms with Crippen LogP contribution in [0.15, 0.2) is 48.6 Å². The van der Waals surface area contributed by atoms with Gasteiger partial charge in [0.25, 0.3) is 7.82 Å². The SMILES string of the molecule is CCCCCC/C=C/CC/C=C/CC/C=C/C(O)C(COP(=O)([O-])OCC[N+](C)(C)C)NC(=O)CCCCCCCCC/C=C\CCCCCCCC. The minimum absolute atomic E-state index is 0.0109. The molecule has 0 spiro atoms. The third-order valence-corrected chi connectivity index (χ3v) is 10.2. The standard InChI is InChI=1S/C44H83N2O6P/c1-6-8-10-12-14-16-18-20-22-23-24-26-28-30-32-34-36-38-44(48)45-42(41-52-53(49,50)51-40-39-46(3,4)5)43(47)37-35-33-31-29-27-25-21-19-17-15-13-11-9-7-2/h17,19-20,22,27,29,35,37,42-43,47H,6-16,18,21,23-26,28,30-34,36,38-41H2,1-5H3,(H-,45,48,49,50)/b19-17+,22-20-,29-27+,37-35+. The number of carbonyl (C=O) groups excluding carboxylic acids is 1. The van der Waals surface area contributed by atoms with E-state index in [4.69, 9.17) is 9.05 Å². The predicted molar refractivity (Wildman–Crippen MR) is 224 cm³/mol. The summed E-state index contributed by atoms with van der Waals surface area (Å²) in [6.07, 6.45) is 44.4. The normalized spacial score (nSPS) is 14.9. The summed E-state index contributed by atoms with van der Waals surface area (Å²) >= 11 is 0. The number of hydrogen-bond donors (Lipinski definition) is 2. The second-order valence-electron chi connectivity index (χ2n) is 15.7. The van der Waals surface area contributed by atoms with Crippen molar-refractivity contribution >= 4 is 13.7 Å². The fourth-order valence-electron chi connectivity index (χ4n) is 5.76. The van der Waals surface area contributed by atoms with Gasteiger partial charge in [-0.25, -0.2) is 0 Å². The number of unbranched alkanes of at least 4 members (excludes halogenated alkanes) is 19. The zero-order chi connectivity index (χ0) is 39.3. The molecule has 0 aliphatic rings. The van der Waals surface area contributed by atoms with Gasteiger partial charge in [0.1, 0.15) is 13.2 Å². The number of quaternary nitrogens is 1. The summed E-state index contributed by atoms with van der Waals surface area (Å²) in [7, 11) is 1.23. The van der Waals surface area contributed by atoms with Gasteiger partial charge in [-0.2, -0.15) is 0 Å². The van der Waals surface area contributed by atoms with Crippen LogP contribution in [0.25, 0.3) is 0 Å². The van der Waals surface area contributed by atoms with Gasteiger partial charge in [-0.15, -0.1) is 0 Å². The van der Waals surface area contributed by atoms with Crippen molar-refractivity contribution < 1.29 is 32.9 Å².